The summed E-state index contributed by atoms with van der Waals surface area (Å²) in [6.07, 6.45) is 1.59. The molecule has 0 aliphatic carbocycles. The van der Waals surface area contributed by atoms with Crippen molar-refractivity contribution in [3.05, 3.63) is 103 Å². The fourth-order valence-corrected chi connectivity index (χ4v) is 4.25. The normalized spacial score (nSPS) is 13.9. The zero-order valence-corrected chi connectivity index (χ0v) is 21.5. The van der Waals surface area contributed by atoms with E-state index in [1.807, 2.05) is 38.1 Å². The molecular formula is C27H23BrN2O6. The lowest BCUT2D eigenvalue weighted by Gasteiger charge is -2.15. The van der Waals surface area contributed by atoms with Gasteiger partial charge in [-0.15, -0.1) is 0 Å². The Balaban J connectivity index is 1.62. The largest absolute Gasteiger partial charge is 0.490 e. The Morgan fingerprint density at radius 1 is 1.08 bits per heavy atom. The lowest BCUT2D eigenvalue weighted by molar-refractivity contribution is -0.385. The van der Waals surface area contributed by atoms with Gasteiger partial charge in [0.25, 0.3) is 5.69 Å². The van der Waals surface area contributed by atoms with Crippen molar-refractivity contribution in [1.29, 1.82) is 0 Å². The van der Waals surface area contributed by atoms with Gasteiger partial charge in [0.15, 0.2) is 17.2 Å². The van der Waals surface area contributed by atoms with Crippen LogP contribution in [0.4, 0.5) is 5.69 Å². The number of aryl methyl sites for hydroxylation is 2. The highest BCUT2D eigenvalue weighted by molar-refractivity contribution is 9.10. The summed E-state index contributed by atoms with van der Waals surface area (Å²) in [7, 11) is 0. The number of halogens is 1. The molecule has 4 rings (SSSR count). The smallest absolute Gasteiger partial charge is 0.363 e. The topological polar surface area (TPSA) is 100 Å². The molecule has 8 nitrogen and oxygen atoms in total. The van der Waals surface area contributed by atoms with Crippen LogP contribution in [0.3, 0.4) is 0 Å². The third-order valence-corrected chi connectivity index (χ3v) is 6.12. The average molecular weight is 551 g/mol. The Morgan fingerprint density at radius 3 is 2.56 bits per heavy atom. The zero-order valence-electron chi connectivity index (χ0n) is 19.9. The van der Waals surface area contributed by atoms with E-state index in [0.717, 1.165) is 11.1 Å². The predicted octanol–water partition coefficient (Wildman–Crippen LogP) is 6.30. The molecule has 0 saturated heterocycles. The molecule has 1 heterocycles. The molecule has 3 aromatic rings. The number of esters is 1. The molecule has 36 heavy (non-hydrogen) atoms. The summed E-state index contributed by atoms with van der Waals surface area (Å²) in [6, 6.07) is 16.0. The molecule has 1 aliphatic rings. The van der Waals surface area contributed by atoms with E-state index in [1.165, 1.54) is 12.1 Å². The molecule has 0 bridgehead atoms. The summed E-state index contributed by atoms with van der Waals surface area (Å²) < 4.78 is 17.9. The maximum Gasteiger partial charge on any atom is 0.363 e. The first-order valence-electron chi connectivity index (χ1n) is 11.2. The van der Waals surface area contributed by atoms with Gasteiger partial charge in [-0.2, -0.15) is 0 Å². The summed E-state index contributed by atoms with van der Waals surface area (Å²) in [6.45, 7) is 6.32. The number of aliphatic imine (C=N–C) groups is 1. The highest BCUT2D eigenvalue weighted by atomic mass is 79.9. The molecule has 0 atom stereocenters. The van der Waals surface area contributed by atoms with Gasteiger partial charge in [-0.1, -0.05) is 24.3 Å². The minimum absolute atomic E-state index is 0.0162. The van der Waals surface area contributed by atoms with E-state index in [4.69, 9.17) is 14.2 Å². The number of carbonyl (C=O) groups excluding carboxylic acids is 1. The summed E-state index contributed by atoms with van der Waals surface area (Å²) in [5, 5.41) is 11.1. The lowest BCUT2D eigenvalue weighted by Crippen LogP contribution is -2.06. The first-order valence-corrected chi connectivity index (χ1v) is 12.0. The van der Waals surface area contributed by atoms with E-state index in [0.29, 0.717) is 45.9 Å². The monoisotopic (exact) mass is 550 g/mol. The minimum atomic E-state index is -0.616. The zero-order chi connectivity index (χ0) is 25.8. The van der Waals surface area contributed by atoms with E-state index in [-0.39, 0.29) is 17.3 Å². The van der Waals surface area contributed by atoms with Crippen LogP contribution in [0.25, 0.3) is 6.08 Å². The maximum atomic E-state index is 12.5. The second-order valence-electron chi connectivity index (χ2n) is 8.07. The van der Waals surface area contributed by atoms with Gasteiger partial charge in [-0.25, -0.2) is 9.79 Å². The number of carbonyl (C=O) groups is 1. The molecule has 184 valence electrons. The molecule has 0 N–H and O–H groups in total. The molecule has 9 heteroatoms. The summed E-state index contributed by atoms with van der Waals surface area (Å²) in [4.78, 5) is 27.4. The fraction of sp³-hybridized carbons (Fsp3) is 0.185. The van der Waals surface area contributed by atoms with Crippen LogP contribution in [0.2, 0.25) is 0 Å². The van der Waals surface area contributed by atoms with Crippen molar-refractivity contribution in [2.24, 2.45) is 4.99 Å². The predicted molar refractivity (Wildman–Crippen MR) is 139 cm³/mol. The first-order chi connectivity index (χ1) is 17.3. The molecule has 0 saturated carbocycles. The highest BCUT2D eigenvalue weighted by Crippen LogP contribution is 2.38. The SMILES string of the molecule is CCOc1cc(/C=C2\N=C(c3ccc([N+](=O)[O-])c(C)c3)OC2=O)cc(Br)c1OCc1ccccc1C. The highest BCUT2D eigenvalue weighted by Gasteiger charge is 2.26. The van der Waals surface area contributed by atoms with Crippen LogP contribution in [0.5, 0.6) is 11.5 Å². The molecule has 0 radical (unpaired) electrons. The third-order valence-electron chi connectivity index (χ3n) is 5.53. The molecule has 0 aromatic heterocycles. The van der Waals surface area contributed by atoms with Gasteiger partial charge in [-0.05, 0) is 83.7 Å². The number of hydrogen-bond donors (Lipinski definition) is 0. The number of cyclic esters (lactones) is 1. The minimum Gasteiger partial charge on any atom is -0.490 e. The maximum absolute atomic E-state index is 12.5. The Bertz CT molecular complexity index is 1410. The van der Waals surface area contributed by atoms with Gasteiger partial charge in [0.1, 0.15) is 6.61 Å². The van der Waals surface area contributed by atoms with Gasteiger partial charge < -0.3 is 14.2 Å². The standard InChI is InChI=1S/C27H23BrN2O6/c1-4-34-24-14-18(12-21(28)25(24)35-15-20-8-6-5-7-16(20)2)13-22-27(31)36-26(29-22)19-9-10-23(30(32)33)17(3)11-19/h5-14H,4,15H2,1-3H3/b22-13-. The van der Waals surface area contributed by atoms with E-state index in [9.17, 15) is 14.9 Å². The lowest BCUT2D eigenvalue weighted by atomic mass is 10.1. The number of nitrogens with zero attached hydrogens (tertiary/aromatic N) is 2. The van der Waals surface area contributed by atoms with Crippen molar-refractivity contribution in [2.45, 2.75) is 27.4 Å². The van der Waals surface area contributed by atoms with E-state index in [1.54, 1.807) is 31.2 Å². The summed E-state index contributed by atoms with van der Waals surface area (Å²) in [5.74, 6) is 0.553. The second-order valence-corrected chi connectivity index (χ2v) is 8.93. The Hall–Kier alpha value is -3.98. The van der Waals surface area contributed by atoms with Crippen LogP contribution in [0, 0.1) is 24.0 Å². The molecule has 0 unspecified atom stereocenters. The number of nitro groups is 1. The number of benzene rings is 3. The molecule has 3 aromatic carbocycles. The quantitative estimate of drug-likeness (QED) is 0.141. The molecule has 0 spiro atoms. The Kier molecular flexibility index (Phi) is 7.49. The van der Waals surface area contributed by atoms with E-state index in [2.05, 4.69) is 20.9 Å². The van der Waals surface area contributed by atoms with Crippen molar-refractivity contribution in [2.75, 3.05) is 6.61 Å². The fourth-order valence-electron chi connectivity index (χ4n) is 3.68. The number of nitro benzene ring substituents is 1. The van der Waals surface area contributed by atoms with Crippen molar-refractivity contribution < 1.29 is 23.9 Å². The van der Waals surface area contributed by atoms with Crippen LogP contribution in [0.15, 0.2) is 69.8 Å². The molecular weight excluding hydrogens is 528 g/mol. The van der Waals surface area contributed by atoms with Crippen LogP contribution >= 0.6 is 15.9 Å². The van der Waals surface area contributed by atoms with E-state index < -0.39 is 10.9 Å². The van der Waals surface area contributed by atoms with Crippen molar-refractivity contribution in [3.8, 4) is 11.5 Å². The number of rotatable bonds is 8. The van der Waals surface area contributed by atoms with Crippen molar-refractivity contribution in [1.82, 2.24) is 0 Å². The summed E-state index contributed by atoms with van der Waals surface area (Å²) in [5.41, 5.74) is 3.86. The Morgan fingerprint density at radius 2 is 1.86 bits per heavy atom. The average Bonchev–Trinajstić information content (AvgIpc) is 3.19. The van der Waals surface area contributed by atoms with Gasteiger partial charge in [0.05, 0.1) is 16.0 Å². The first kappa shape index (κ1) is 25.1. The van der Waals surface area contributed by atoms with Crippen LogP contribution < -0.4 is 9.47 Å². The van der Waals surface area contributed by atoms with Gasteiger partial charge in [0.2, 0.25) is 5.90 Å². The number of hydrogen-bond acceptors (Lipinski definition) is 7. The second kappa shape index (κ2) is 10.7. The third kappa shape index (κ3) is 5.46. The Labute approximate surface area is 216 Å². The van der Waals surface area contributed by atoms with Gasteiger partial charge in [-0.3, -0.25) is 10.1 Å². The molecule has 0 fully saturated rings. The summed E-state index contributed by atoms with van der Waals surface area (Å²) >= 11 is 3.56. The van der Waals surface area contributed by atoms with Crippen LogP contribution in [0.1, 0.15) is 34.7 Å². The van der Waals surface area contributed by atoms with Gasteiger partial charge >= 0.3 is 5.97 Å². The number of ether oxygens (including phenoxy) is 3. The van der Waals surface area contributed by atoms with Crippen LogP contribution in [-0.2, 0) is 16.1 Å². The molecule has 1 aliphatic heterocycles. The van der Waals surface area contributed by atoms with Crippen molar-refractivity contribution >= 4 is 39.6 Å². The molecule has 0 amide bonds. The van der Waals surface area contributed by atoms with Gasteiger partial charge in [0, 0.05) is 17.2 Å². The van der Waals surface area contributed by atoms with Crippen LogP contribution in [-0.4, -0.2) is 23.4 Å². The van der Waals surface area contributed by atoms with Crippen molar-refractivity contribution in [3.63, 3.8) is 0 Å². The van der Waals surface area contributed by atoms with E-state index >= 15 is 0 Å².